The van der Waals surface area contributed by atoms with E-state index >= 15 is 0 Å². The molecule has 6 heteroatoms. The Kier molecular flexibility index (Phi) is 5.91. The number of carbonyl (C=O) groups is 1. The van der Waals surface area contributed by atoms with Crippen molar-refractivity contribution in [2.75, 3.05) is 18.6 Å². The maximum Gasteiger partial charge on any atom is 0.325 e. The maximum absolute atomic E-state index is 11.5. The van der Waals surface area contributed by atoms with Gasteiger partial charge in [0.15, 0.2) is 0 Å². The number of aliphatic hydroxyl groups excluding tert-OH is 1. The number of esters is 1. The molecule has 0 aliphatic rings. The summed E-state index contributed by atoms with van der Waals surface area (Å²) in [4.78, 5) is 17.8. The Balaban J connectivity index is 2.80. The average molecular weight is 281 g/mol. The van der Waals surface area contributed by atoms with Crippen LogP contribution in [0.5, 0.6) is 0 Å². The van der Waals surface area contributed by atoms with Crippen molar-refractivity contribution in [3.63, 3.8) is 0 Å². The molecule has 0 amide bonds. The molecule has 1 aromatic rings. The first-order valence-corrected chi connectivity index (χ1v) is 6.67. The van der Waals surface area contributed by atoms with Gasteiger partial charge in [-0.1, -0.05) is 6.07 Å². The van der Waals surface area contributed by atoms with Crippen LogP contribution in [0.4, 0.5) is 5.82 Å². The third-order valence-electron chi connectivity index (χ3n) is 3.15. The molecule has 0 aromatic carbocycles. The molecule has 2 unspecified atom stereocenters. The zero-order valence-corrected chi connectivity index (χ0v) is 12.4. The van der Waals surface area contributed by atoms with Crippen LogP contribution in [0.3, 0.4) is 0 Å². The smallest absolute Gasteiger partial charge is 0.325 e. The van der Waals surface area contributed by atoms with Gasteiger partial charge in [-0.15, -0.1) is 0 Å². The summed E-state index contributed by atoms with van der Waals surface area (Å²) in [6.45, 7) is 6.03. The molecule has 1 heterocycles. The average Bonchev–Trinajstić information content (AvgIpc) is 2.45. The first kappa shape index (κ1) is 16.4. The Morgan fingerprint density at radius 1 is 1.50 bits per heavy atom. The molecule has 1 aromatic heterocycles. The minimum atomic E-state index is -1.13. The van der Waals surface area contributed by atoms with Gasteiger partial charge < -0.3 is 20.5 Å². The van der Waals surface area contributed by atoms with Gasteiger partial charge in [0.2, 0.25) is 0 Å². The van der Waals surface area contributed by atoms with E-state index in [0.717, 1.165) is 5.82 Å². The van der Waals surface area contributed by atoms with E-state index in [2.05, 4.69) is 18.8 Å². The molecule has 112 valence electrons. The molecular weight excluding hydrogens is 258 g/mol. The van der Waals surface area contributed by atoms with Crippen LogP contribution >= 0.6 is 0 Å². The molecule has 0 spiro atoms. The number of aromatic nitrogens is 1. The minimum Gasteiger partial charge on any atom is -0.465 e. The molecule has 3 N–H and O–H groups in total. The Morgan fingerprint density at radius 2 is 2.15 bits per heavy atom. The summed E-state index contributed by atoms with van der Waals surface area (Å²) in [5.74, 6) is 0.170. The lowest BCUT2D eigenvalue weighted by Gasteiger charge is -2.23. The normalized spacial score (nSPS) is 13.9. The molecule has 0 bridgehead atoms. The van der Waals surface area contributed by atoms with Crippen LogP contribution in [0.1, 0.15) is 32.4 Å². The summed E-state index contributed by atoms with van der Waals surface area (Å²) >= 11 is 0. The lowest BCUT2D eigenvalue weighted by atomic mass is 10.1. The number of aliphatic hydroxyl groups is 1. The predicted molar refractivity (Wildman–Crippen MR) is 77.3 cm³/mol. The van der Waals surface area contributed by atoms with Crippen LogP contribution in [-0.4, -0.2) is 41.8 Å². The van der Waals surface area contributed by atoms with E-state index in [1.54, 1.807) is 19.1 Å². The summed E-state index contributed by atoms with van der Waals surface area (Å²) in [5, 5.41) is 10.0. The fraction of sp³-hybridized carbons (Fsp3) is 0.571. The molecule has 1 rings (SSSR count). The summed E-state index contributed by atoms with van der Waals surface area (Å²) in [6, 6.07) is 2.71. The summed E-state index contributed by atoms with van der Waals surface area (Å²) in [7, 11) is 1.94. The number of hydrogen-bond acceptors (Lipinski definition) is 6. The Hall–Kier alpha value is -1.66. The number of pyridine rings is 1. The fourth-order valence-electron chi connectivity index (χ4n) is 1.62. The zero-order valence-electron chi connectivity index (χ0n) is 12.4. The number of anilines is 1. The van der Waals surface area contributed by atoms with E-state index in [1.807, 2.05) is 11.9 Å². The number of nitrogens with zero attached hydrogens (tertiary/aromatic N) is 2. The maximum atomic E-state index is 11.5. The van der Waals surface area contributed by atoms with Crippen molar-refractivity contribution < 1.29 is 14.6 Å². The van der Waals surface area contributed by atoms with Crippen LogP contribution in [-0.2, 0) is 9.53 Å². The van der Waals surface area contributed by atoms with Crippen LogP contribution in [0.2, 0.25) is 0 Å². The number of nitrogens with two attached hydrogens (primary N) is 1. The van der Waals surface area contributed by atoms with Crippen molar-refractivity contribution >= 4 is 11.8 Å². The van der Waals surface area contributed by atoms with E-state index in [0.29, 0.717) is 11.6 Å². The monoisotopic (exact) mass is 281 g/mol. The highest BCUT2D eigenvalue weighted by Gasteiger charge is 2.25. The van der Waals surface area contributed by atoms with Gasteiger partial charge in [-0.2, -0.15) is 0 Å². The highest BCUT2D eigenvalue weighted by Crippen LogP contribution is 2.19. The molecule has 0 radical (unpaired) electrons. The van der Waals surface area contributed by atoms with Crippen molar-refractivity contribution in [2.24, 2.45) is 5.73 Å². The van der Waals surface area contributed by atoms with Crippen LogP contribution in [0, 0.1) is 0 Å². The number of rotatable bonds is 6. The van der Waals surface area contributed by atoms with Crippen LogP contribution in [0.15, 0.2) is 18.3 Å². The SMILES string of the molecule is CCOC(=O)C(N)C(O)c1ccc(N(C)C(C)C)nc1. The number of ether oxygens (including phenoxy) is 1. The summed E-state index contributed by atoms with van der Waals surface area (Å²) < 4.78 is 4.79. The predicted octanol–water partition coefficient (Wildman–Crippen LogP) is 0.850. The standard InChI is InChI=1S/C14H23N3O3/c1-5-20-14(19)12(15)13(18)10-6-7-11(16-8-10)17(4)9(2)3/h6-9,12-13,18H,5,15H2,1-4H3. The first-order chi connectivity index (χ1) is 9.38. The highest BCUT2D eigenvalue weighted by molar-refractivity contribution is 5.76. The van der Waals surface area contributed by atoms with Gasteiger partial charge in [-0.3, -0.25) is 4.79 Å². The molecule has 0 saturated carbocycles. The van der Waals surface area contributed by atoms with Crippen LogP contribution < -0.4 is 10.6 Å². The minimum absolute atomic E-state index is 0.232. The van der Waals surface area contributed by atoms with Gasteiger partial charge in [-0.05, 0) is 26.8 Å². The molecule has 0 aliphatic carbocycles. The van der Waals surface area contributed by atoms with E-state index in [9.17, 15) is 9.90 Å². The lowest BCUT2D eigenvalue weighted by Crippen LogP contribution is -2.38. The molecular formula is C14H23N3O3. The second-order valence-corrected chi connectivity index (χ2v) is 4.88. The third kappa shape index (κ3) is 3.91. The second kappa shape index (κ2) is 7.21. The quantitative estimate of drug-likeness (QED) is 0.752. The van der Waals surface area contributed by atoms with E-state index in [1.165, 1.54) is 6.20 Å². The fourth-order valence-corrected chi connectivity index (χ4v) is 1.62. The van der Waals surface area contributed by atoms with E-state index < -0.39 is 18.1 Å². The van der Waals surface area contributed by atoms with Gasteiger partial charge in [0, 0.05) is 24.8 Å². The highest BCUT2D eigenvalue weighted by atomic mass is 16.5. The van der Waals surface area contributed by atoms with Crippen molar-refractivity contribution in [1.82, 2.24) is 4.98 Å². The Labute approximate surface area is 119 Å². The van der Waals surface area contributed by atoms with Gasteiger partial charge >= 0.3 is 5.97 Å². The summed E-state index contributed by atoms with van der Waals surface area (Å²) in [6.07, 6.45) is 0.401. The van der Waals surface area contributed by atoms with E-state index in [-0.39, 0.29) is 6.61 Å². The molecule has 0 saturated heterocycles. The Bertz CT molecular complexity index is 434. The van der Waals surface area contributed by atoms with Crippen molar-refractivity contribution in [3.05, 3.63) is 23.9 Å². The van der Waals surface area contributed by atoms with Gasteiger partial charge in [-0.25, -0.2) is 4.98 Å². The van der Waals surface area contributed by atoms with Crippen molar-refractivity contribution in [3.8, 4) is 0 Å². The van der Waals surface area contributed by atoms with Gasteiger partial charge in [0.25, 0.3) is 0 Å². The largest absolute Gasteiger partial charge is 0.465 e. The first-order valence-electron chi connectivity index (χ1n) is 6.67. The number of hydrogen-bond donors (Lipinski definition) is 2. The number of carbonyl (C=O) groups excluding carboxylic acids is 1. The van der Waals surface area contributed by atoms with Gasteiger partial charge in [0.05, 0.1) is 6.61 Å². The molecule has 20 heavy (non-hydrogen) atoms. The molecule has 0 aliphatic heterocycles. The molecule has 2 atom stereocenters. The van der Waals surface area contributed by atoms with Gasteiger partial charge in [0.1, 0.15) is 18.0 Å². The zero-order chi connectivity index (χ0) is 15.3. The molecule has 6 nitrogen and oxygen atoms in total. The lowest BCUT2D eigenvalue weighted by molar-refractivity contribution is -0.147. The topological polar surface area (TPSA) is 88.7 Å². The second-order valence-electron chi connectivity index (χ2n) is 4.88. The summed E-state index contributed by atoms with van der Waals surface area (Å²) in [5.41, 5.74) is 6.15. The molecule has 0 fully saturated rings. The van der Waals surface area contributed by atoms with Crippen molar-refractivity contribution in [1.29, 1.82) is 0 Å². The van der Waals surface area contributed by atoms with E-state index in [4.69, 9.17) is 10.5 Å². The van der Waals surface area contributed by atoms with Crippen molar-refractivity contribution in [2.45, 2.75) is 39.0 Å². The third-order valence-corrected chi connectivity index (χ3v) is 3.15. The Morgan fingerprint density at radius 3 is 2.60 bits per heavy atom. The van der Waals surface area contributed by atoms with Crippen LogP contribution in [0.25, 0.3) is 0 Å².